The van der Waals surface area contributed by atoms with Gasteiger partial charge in [-0.15, -0.1) is 0 Å². The predicted octanol–water partition coefficient (Wildman–Crippen LogP) is -0.421. The molecule has 60 valence electrons. The highest BCUT2D eigenvalue weighted by Gasteiger charge is 2.64. The third-order valence-electron chi connectivity index (χ3n) is 3.75. The Labute approximate surface area is 65.7 Å². The van der Waals surface area contributed by atoms with E-state index in [1.54, 1.807) is 0 Å². The summed E-state index contributed by atoms with van der Waals surface area (Å²) in [5, 5.41) is 3.50. The Morgan fingerprint density at radius 2 is 2.45 bits per heavy atom. The minimum absolute atomic E-state index is 0.529. The van der Waals surface area contributed by atoms with E-state index in [9.17, 15) is 4.79 Å². The molecule has 1 saturated carbocycles. The maximum atomic E-state index is 10.5. The summed E-state index contributed by atoms with van der Waals surface area (Å²) in [5.41, 5.74) is 0.529. The van der Waals surface area contributed by atoms with Gasteiger partial charge in [0.05, 0.1) is 0 Å². The van der Waals surface area contributed by atoms with E-state index in [0.29, 0.717) is 11.5 Å². The Kier molecular flexibility index (Phi) is 0.876. The first-order valence-corrected chi connectivity index (χ1v) is 4.30. The van der Waals surface area contributed by atoms with Crippen LogP contribution in [0, 0.1) is 5.41 Å². The van der Waals surface area contributed by atoms with E-state index in [1.807, 2.05) is 4.90 Å². The van der Waals surface area contributed by atoms with Crippen molar-refractivity contribution in [2.45, 2.75) is 24.9 Å². The van der Waals surface area contributed by atoms with Gasteiger partial charge in [0.2, 0.25) is 6.41 Å². The van der Waals surface area contributed by atoms with E-state index in [4.69, 9.17) is 0 Å². The Morgan fingerprint density at radius 1 is 1.55 bits per heavy atom. The van der Waals surface area contributed by atoms with Crippen LogP contribution in [0.4, 0.5) is 0 Å². The molecule has 2 heterocycles. The van der Waals surface area contributed by atoms with Gasteiger partial charge in [-0.1, -0.05) is 0 Å². The number of nitrogens with one attached hydrogen (secondary N) is 1. The lowest BCUT2D eigenvalue weighted by Gasteiger charge is -2.61. The van der Waals surface area contributed by atoms with Crippen LogP contribution in [0.5, 0.6) is 0 Å². The lowest BCUT2D eigenvalue weighted by molar-refractivity contribution is -0.118. The highest BCUT2D eigenvalue weighted by atomic mass is 16.1. The molecule has 0 aromatic rings. The number of hydrogen-bond donors (Lipinski definition) is 1. The largest absolute Gasteiger partial charge is 0.343 e. The molecule has 0 aromatic carbocycles. The number of likely N-dealkylation sites (tertiary alicyclic amines) is 1. The molecule has 2 aliphatic heterocycles. The van der Waals surface area contributed by atoms with E-state index in [0.717, 1.165) is 25.5 Å². The summed E-state index contributed by atoms with van der Waals surface area (Å²) in [6.45, 7) is 1.96. The topological polar surface area (TPSA) is 32.3 Å². The summed E-state index contributed by atoms with van der Waals surface area (Å²) < 4.78 is 0. The Hall–Kier alpha value is -0.570. The van der Waals surface area contributed by atoms with Crippen LogP contribution in [0.1, 0.15) is 12.8 Å². The number of carbonyl (C=O) groups is 1. The molecule has 2 saturated heterocycles. The quantitative estimate of drug-likeness (QED) is 0.517. The van der Waals surface area contributed by atoms with Crippen molar-refractivity contribution in [1.29, 1.82) is 0 Å². The lowest BCUT2D eigenvalue weighted by Crippen LogP contribution is -2.75. The molecule has 1 N–H and O–H groups in total. The van der Waals surface area contributed by atoms with Gasteiger partial charge < -0.3 is 10.2 Å². The molecule has 1 spiro atoms. The van der Waals surface area contributed by atoms with Gasteiger partial charge in [0.15, 0.2) is 0 Å². The zero-order valence-corrected chi connectivity index (χ0v) is 6.42. The molecule has 3 fully saturated rings. The summed E-state index contributed by atoms with van der Waals surface area (Å²) in [5.74, 6) is 0. The minimum Gasteiger partial charge on any atom is -0.343 e. The average Bonchev–Trinajstić information content (AvgIpc) is 2.37. The molecular formula is C8H12N2O. The molecule has 3 atom stereocenters. The number of hydrogen-bond acceptors (Lipinski definition) is 2. The van der Waals surface area contributed by atoms with Gasteiger partial charge in [0.25, 0.3) is 0 Å². The van der Waals surface area contributed by atoms with Gasteiger partial charge in [-0.2, -0.15) is 0 Å². The first kappa shape index (κ1) is 6.00. The van der Waals surface area contributed by atoms with Crippen molar-refractivity contribution in [3.63, 3.8) is 0 Å². The third kappa shape index (κ3) is 0.495. The molecule has 1 aliphatic carbocycles. The molecule has 3 heteroatoms. The molecule has 3 unspecified atom stereocenters. The predicted molar refractivity (Wildman–Crippen MR) is 40.0 cm³/mol. The second-order valence-electron chi connectivity index (χ2n) is 4.08. The van der Waals surface area contributed by atoms with E-state index < -0.39 is 0 Å². The van der Waals surface area contributed by atoms with Gasteiger partial charge in [-0.3, -0.25) is 4.79 Å². The van der Waals surface area contributed by atoms with Crippen LogP contribution in [0.2, 0.25) is 0 Å². The number of piperidine rings is 1. The van der Waals surface area contributed by atoms with Gasteiger partial charge in [0.1, 0.15) is 0 Å². The Morgan fingerprint density at radius 3 is 2.91 bits per heavy atom. The van der Waals surface area contributed by atoms with Crippen molar-refractivity contribution in [3.05, 3.63) is 0 Å². The summed E-state index contributed by atoms with van der Waals surface area (Å²) in [7, 11) is 0. The van der Waals surface area contributed by atoms with Crippen molar-refractivity contribution >= 4 is 6.41 Å². The van der Waals surface area contributed by atoms with E-state index >= 15 is 0 Å². The van der Waals surface area contributed by atoms with Crippen molar-refractivity contribution in [3.8, 4) is 0 Å². The van der Waals surface area contributed by atoms with Crippen LogP contribution >= 0.6 is 0 Å². The highest BCUT2D eigenvalue weighted by molar-refractivity contribution is 5.49. The smallest absolute Gasteiger partial charge is 0.209 e. The fourth-order valence-electron chi connectivity index (χ4n) is 2.93. The van der Waals surface area contributed by atoms with Crippen LogP contribution in [-0.2, 0) is 4.79 Å². The van der Waals surface area contributed by atoms with E-state index in [1.165, 1.54) is 12.8 Å². The zero-order chi connectivity index (χ0) is 7.47. The summed E-state index contributed by atoms with van der Waals surface area (Å²) >= 11 is 0. The molecule has 3 rings (SSSR count). The van der Waals surface area contributed by atoms with E-state index in [2.05, 4.69) is 5.32 Å². The van der Waals surface area contributed by atoms with Crippen LogP contribution in [0.3, 0.4) is 0 Å². The summed E-state index contributed by atoms with van der Waals surface area (Å²) in [4.78, 5) is 12.4. The SMILES string of the molecule is O=CN1CC2NC3CCC32C1. The number of amides is 1. The Bertz CT molecular complexity index is 218. The minimum atomic E-state index is 0.529. The van der Waals surface area contributed by atoms with Gasteiger partial charge >= 0.3 is 0 Å². The summed E-state index contributed by atoms with van der Waals surface area (Å²) in [6, 6.07) is 1.38. The molecule has 0 bridgehead atoms. The number of nitrogens with zero attached hydrogens (tertiary/aromatic N) is 1. The fraction of sp³-hybridized carbons (Fsp3) is 0.875. The van der Waals surface area contributed by atoms with Crippen LogP contribution in [0.15, 0.2) is 0 Å². The lowest BCUT2D eigenvalue weighted by atomic mass is 9.55. The van der Waals surface area contributed by atoms with Crippen molar-refractivity contribution in [2.75, 3.05) is 13.1 Å². The number of rotatable bonds is 1. The van der Waals surface area contributed by atoms with Crippen molar-refractivity contribution in [1.82, 2.24) is 10.2 Å². The normalized spacial score (nSPS) is 52.2. The molecule has 11 heavy (non-hydrogen) atoms. The first-order valence-electron chi connectivity index (χ1n) is 4.30. The van der Waals surface area contributed by atoms with E-state index in [-0.39, 0.29) is 0 Å². The average molecular weight is 152 g/mol. The fourth-order valence-corrected chi connectivity index (χ4v) is 2.93. The van der Waals surface area contributed by atoms with Gasteiger partial charge in [-0.05, 0) is 12.8 Å². The first-order chi connectivity index (χ1) is 5.35. The monoisotopic (exact) mass is 152 g/mol. The standard InChI is InChI=1S/C8H12N2O/c11-5-10-3-7-8(4-10)2-1-6(8)9-7/h5-7,9H,1-4H2. The maximum Gasteiger partial charge on any atom is 0.209 e. The van der Waals surface area contributed by atoms with Crippen LogP contribution in [0.25, 0.3) is 0 Å². The van der Waals surface area contributed by atoms with Gasteiger partial charge in [-0.25, -0.2) is 0 Å². The highest BCUT2D eigenvalue weighted by Crippen LogP contribution is 2.54. The molecular weight excluding hydrogens is 140 g/mol. The second-order valence-corrected chi connectivity index (χ2v) is 4.08. The van der Waals surface area contributed by atoms with Crippen LogP contribution in [-0.4, -0.2) is 36.5 Å². The van der Waals surface area contributed by atoms with Crippen molar-refractivity contribution < 1.29 is 4.79 Å². The molecule has 1 amide bonds. The maximum absolute atomic E-state index is 10.5. The second kappa shape index (κ2) is 1.61. The molecule has 3 nitrogen and oxygen atoms in total. The zero-order valence-electron chi connectivity index (χ0n) is 6.42. The van der Waals surface area contributed by atoms with Gasteiger partial charge in [0, 0.05) is 30.6 Å². The molecule has 3 aliphatic rings. The van der Waals surface area contributed by atoms with Crippen molar-refractivity contribution in [2.24, 2.45) is 5.41 Å². The summed E-state index contributed by atoms with van der Waals surface area (Å²) in [6.07, 6.45) is 3.65. The molecule has 0 radical (unpaired) electrons. The Balaban J connectivity index is 1.84. The number of carbonyl (C=O) groups excluding carboxylic acids is 1. The van der Waals surface area contributed by atoms with Crippen LogP contribution < -0.4 is 5.32 Å². The molecule has 0 aromatic heterocycles. The third-order valence-corrected chi connectivity index (χ3v) is 3.75.